The van der Waals surface area contributed by atoms with Crippen molar-refractivity contribution >= 4 is 15.9 Å². The van der Waals surface area contributed by atoms with E-state index in [2.05, 4.69) is 36.7 Å². The Kier molecular flexibility index (Phi) is 5.62. The summed E-state index contributed by atoms with van der Waals surface area (Å²) in [5, 5.41) is 20.2. The van der Waals surface area contributed by atoms with E-state index in [1.807, 2.05) is 13.8 Å². The summed E-state index contributed by atoms with van der Waals surface area (Å²) >= 11 is 3.74. The number of rotatable bonds is 5. The second-order valence-corrected chi connectivity index (χ2v) is 10.8. The van der Waals surface area contributed by atoms with E-state index in [9.17, 15) is 10.2 Å². The minimum absolute atomic E-state index is 0.0173. The predicted molar refractivity (Wildman–Crippen MR) is 104 cm³/mol. The molecule has 3 aliphatic rings. The molecule has 3 saturated heterocycles. The van der Waals surface area contributed by atoms with Crippen molar-refractivity contribution in [1.82, 2.24) is 0 Å². The molecule has 0 aromatic rings. The first-order chi connectivity index (χ1) is 11.9. The monoisotopic (exact) mass is 434 g/mol. The van der Waals surface area contributed by atoms with Crippen LogP contribution in [0.3, 0.4) is 0 Å². The minimum atomic E-state index is -0.834. The minimum Gasteiger partial charge on any atom is -0.393 e. The Balaban J connectivity index is 1.64. The number of alkyl halides is 1. The molecule has 0 radical (unpaired) electrons. The zero-order chi connectivity index (χ0) is 19.4. The van der Waals surface area contributed by atoms with Crippen LogP contribution in [0.2, 0.25) is 0 Å². The lowest BCUT2D eigenvalue weighted by Gasteiger charge is -2.53. The lowest BCUT2D eigenvalue weighted by Crippen LogP contribution is -2.60. The quantitative estimate of drug-likeness (QED) is 0.512. The first-order valence-corrected chi connectivity index (χ1v) is 10.8. The molecule has 0 unspecified atom stereocenters. The zero-order valence-electron chi connectivity index (χ0n) is 16.8. The number of epoxide rings is 1. The lowest BCUT2D eigenvalue weighted by atomic mass is 9.78. The van der Waals surface area contributed by atoms with E-state index in [0.717, 1.165) is 32.1 Å². The number of ether oxygens (including phenoxy) is 3. The Morgan fingerprint density at radius 2 is 1.65 bits per heavy atom. The fourth-order valence-corrected chi connectivity index (χ4v) is 4.95. The van der Waals surface area contributed by atoms with Gasteiger partial charge in [-0.1, -0.05) is 15.9 Å². The van der Waals surface area contributed by atoms with Gasteiger partial charge >= 0.3 is 0 Å². The molecule has 3 heterocycles. The number of aliphatic hydroxyl groups excluding tert-OH is 1. The van der Waals surface area contributed by atoms with Gasteiger partial charge in [0, 0.05) is 4.83 Å². The van der Waals surface area contributed by atoms with E-state index in [0.29, 0.717) is 11.2 Å². The molecular weight excluding hydrogens is 400 g/mol. The third-order valence-corrected chi connectivity index (χ3v) is 8.36. The second kappa shape index (κ2) is 6.96. The highest BCUT2D eigenvalue weighted by Crippen LogP contribution is 2.46. The molecule has 0 aromatic heterocycles. The van der Waals surface area contributed by atoms with Crippen LogP contribution < -0.4 is 0 Å². The van der Waals surface area contributed by atoms with Crippen LogP contribution in [-0.4, -0.2) is 62.4 Å². The van der Waals surface area contributed by atoms with E-state index in [4.69, 9.17) is 14.2 Å². The van der Waals surface area contributed by atoms with Crippen molar-refractivity contribution in [2.45, 2.75) is 119 Å². The van der Waals surface area contributed by atoms with Gasteiger partial charge in [0.15, 0.2) is 0 Å². The van der Waals surface area contributed by atoms with Crippen molar-refractivity contribution in [3.05, 3.63) is 0 Å². The SMILES string of the molecule is CC1(C)O[C@](C)([C@H]2CC[C@](C)(O)[C@@H](CC[C@@H]3O[C@@]3(C)CO)O2)CC[C@H]1Br. The van der Waals surface area contributed by atoms with E-state index < -0.39 is 11.2 Å². The Labute approximate surface area is 165 Å². The summed E-state index contributed by atoms with van der Waals surface area (Å²) in [5.74, 6) is 0. The molecule has 0 aromatic carbocycles. The number of aliphatic hydroxyl groups is 2. The average Bonchev–Trinajstić information content (AvgIpc) is 3.20. The Hall–Kier alpha value is 0.280. The predicted octanol–water partition coefficient (Wildman–Crippen LogP) is 3.33. The van der Waals surface area contributed by atoms with Crippen molar-refractivity contribution in [1.29, 1.82) is 0 Å². The zero-order valence-corrected chi connectivity index (χ0v) is 18.3. The molecule has 2 N–H and O–H groups in total. The van der Waals surface area contributed by atoms with Gasteiger partial charge in [-0.15, -0.1) is 0 Å². The van der Waals surface area contributed by atoms with E-state index in [1.54, 1.807) is 0 Å². The molecule has 0 amide bonds. The van der Waals surface area contributed by atoms with Crippen LogP contribution in [0.1, 0.15) is 73.1 Å². The first kappa shape index (κ1) is 21.0. The molecule has 3 fully saturated rings. The molecule has 0 aliphatic carbocycles. The largest absolute Gasteiger partial charge is 0.393 e. The highest BCUT2D eigenvalue weighted by Gasteiger charge is 2.54. The Bertz CT molecular complexity index is 524. The molecule has 26 heavy (non-hydrogen) atoms. The van der Waals surface area contributed by atoms with Crippen LogP contribution in [0.5, 0.6) is 0 Å². The molecule has 0 saturated carbocycles. The molecule has 3 aliphatic heterocycles. The Morgan fingerprint density at radius 1 is 1.00 bits per heavy atom. The third-order valence-electron chi connectivity index (χ3n) is 6.80. The standard InChI is InChI=1S/C20H35BrO5/c1-17(2)13(21)8-11-19(4,26-17)15-9-10-18(3,23)14(24-15)6-7-16-20(5,12-22)25-16/h13-16,22-23H,6-12H2,1-5H3/t13-,14-,15-,16+,18+,19+,20+/m1/s1. The molecule has 3 rings (SSSR count). The van der Waals surface area contributed by atoms with Crippen molar-refractivity contribution < 1.29 is 24.4 Å². The fourth-order valence-electron chi connectivity index (χ4n) is 4.63. The van der Waals surface area contributed by atoms with Crippen LogP contribution in [0.25, 0.3) is 0 Å². The van der Waals surface area contributed by atoms with Gasteiger partial charge in [-0.05, 0) is 73.1 Å². The van der Waals surface area contributed by atoms with E-state index >= 15 is 0 Å². The molecule has 0 bridgehead atoms. The maximum absolute atomic E-state index is 10.8. The fraction of sp³-hybridized carbons (Fsp3) is 1.00. The second-order valence-electron chi connectivity index (χ2n) is 9.69. The summed E-state index contributed by atoms with van der Waals surface area (Å²) in [4.78, 5) is 0.341. The first-order valence-electron chi connectivity index (χ1n) is 9.93. The average molecular weight is 435 g/mol. The van der Waals surface area contributed by atoms with Crippen LogP contribution in [-0.2, 0) is 14.2 Å². The van der Waals surface area contributed by atoms with Gasteiger partial charge in [0.25, 0.3) is 0 Å². The normalized spacial score (nSPS) is 51.2. The van der Waals surface area contributed by atoms with Crippen LogP contribution in [0.15, 0.2) is 0 Å². The van der Waals surface area contributed by atoms with Crippen molar-refractivity contribution in [3.63, 3.8) is 0 Å². The van der Waals surface area contributed by atoms with Gasteiger partial charge in [-0.2, -0.15) is 0 Å². The molecule has 152 valence electrons. The van der Waals surface area contributed by atoms with Crippen molar-refractivity contribution in [2.24, 2.45) is 0 Å². The topological polar surface area (TPSA) is 71.5 Å². The summed E-state index contributed by atoms with van der Waals surface area (Å²) in [6, 6.07) is 0. The summed E-state index contributed by atoms with van der Waals surface area (Å²) in [5.41, 5.74) is -1.82. The molecule has 0 spiro atoms. The number of hydrogen-bond donors (Lipinski definition) is 2. The maximum atomic E-state index is 10.8. The molecule has 7 atom stereocenters. The highest BCUT2D eigenvalue weighted by molar-refractivity contribution is 9.09. The van der Waals surface area contributed by atoms with Crippen LogP contribution in [0.4, 0.5) is 0 Å². The van der Waals surface area contributed by atoms with Gasteiger partial charge in [-0.25, -0.2) is 0 Å². The maximum Gasteiger partial charge on any atom is 0.115 e. The number of hydrogen-bond acceptors (Lipinski definition) is 5. The summed E-state index contributed by atoms with van der Waals surface area (Å²) in [7, 11) is 0. The van der Waals surface area contributed by atoms with Crippen molar-refractivity contribution in [2.75, 3.05) is 6.61 Å². The summed E-state index contributed by atoms with van der Waals surface area (Å²) < 4.78 is 18.5. The number of halogens is 1. The summed E-state index contributed by atoms with van der Waals surface area (Å²) in [6.07, 6.45) is 4.83. The smallest absolute Gasteiger partial charge is 0.115 e. The lowest BCUT2D eigenvalue weighted by molar-refractivity contribution is -0.262. The molecule has 6 heteroatoms. The summed E-state index contributed by atoms with van der Waals surface area (Å²) in [6.45, 7) is 10.2. The van der Waals surface area contributed by atoms with Gasteiger partial charge in [0.05, 0.1) is 41.7 Å². The molecule has 5 nitrogen and oxygen atoms in total. The van der Waals surface area contributed by atoms with Gasteiger partial charge < -0.3 is 24.4 Å². The molecular formula is C20H35BrO5. The van der Waals surface area contributed by atoms with Crippen molar-refractivity contribution in [3.8, 4) is 0 Å². The van der Waals surface area contributed by atoms with E-state index in [1.165, 1.54) is 0 Å². The van der Waals surface area contributed by atoms with Gasteiger partial charge in [-0.3, -0.25) is 0 Å². The van der Waals surface area contributed by atoms with Crippen LogP contribution >= 0.6 is 15.9 Å². The van der Waals surface area contributed by atoms with Gasteiger partial charge in [0.1, 0.15) is 5.60 Å². The highest BCUT2D eigenvalue weighted by atomic mass is 79.9. The Morgan fingerprint density at radius 3 is 2.23 bits per heavy atom. The van der Waals surface area contributed by atoms with Crippen LogP contribution in [0, 0.1) is 0 Å². The van der Waals surface area contributed by atoms with E-state index in [-0.39, 0.29) is 36.1 Å². The van der Waals surface area contributed by atoms with Gasteiger partial charge in [0.2, 0.25) is 0 Å². The third kappa shape index (κ3) is 4.01.